The van der Waals surface area contributed by atoms with Gasteiger partial charge in [-0.05, 0) is 12.1 Å². The Morgan fingerprint density at radius 2 is 2.23 bits per heavy atom. The van der Waals surface area contributed by atoms with E-state index in [0.29, 0.717) is 36.6 Å². The molecule has 3 heterocycles. The van der Waals surface area contributed by atoms with E-state index in [1.807, 2.05) is 18.9 Å². The summed E-state index contributed by atoms with van der Waals surface area (Å²) >= 11 is 0. The fourth-order valence-corrected chi connectivity index (χ4v) is 3.27. The maximum absolute atomic E-state index is 13.4. The molecule has 1 aliphatic heterocycles. The van der Waals surface area contributed by atoms with E-state index < -0.39 is 0 Å². The number of amides is 1. The Hall–Kier alpha value is -3.03. The van der Waals surface area contributed by atoms with Crippen molar-refractivity contribution in [3.8, 4) is 23.0 Å². The van der Waals surface area contributed by atoms with Crippen LogP contribution in [-0.4, -0.2) is 37.3 Å². The van der Waals surface area contributed by atoms with Gasteiger partial charge in [0.1, 0.15) is 5.82 Å². The molecule has 0 radical (unpaired) electrons. The summed E-state index contributed by atoms with van der Waals surface area (Å²) in [7, 11) is 1.86. The molecule has 7 nitrogen and oxygen atoms in total. The monoisotopic (exact) mass is 355 g/mol. The lowest BCUT2D eigenvalue weighted by atomic mass is 10.0. The third-order valence-electron chi connectivity index (χ3n) is 4.61. The third-order valence-corrected chi connectivity index (χ3v) is 4.61. The lowest BCUT2D eigenvalue weighted by Crippen LogP contribution is -2.35. The van der Waals surface area contributed by atoms with Gasteiger partial charge in [-0.1, -0.05) is 24.2 Å². The van der Waals surface area contributed by atoms with Crippen molar-refractivity contribution in [3.05, 3.63) is 41.3 Å². The average molecular weight is 355 g/mol. The summed E-state index contributed by atoms with van der Waals surface area (Å²) in [6, 6.07) is 6.02. The number of hydrogen-bond donors (Lipinski definition) is 0. The molecule has 1 amide bonds. The van der Waals surface area contributed by atoms with Crippen molar-refractivity contribution in [3.63, 3.8) is 0 Å². The summed E-state index contributed by atoms with van der Waals surface area (Å²) in [5, 5.41) is 8.46. The van der Waals surface area contributed by atoms with E-state index in [-0.39, 0.29) is 17.6 Å². The molecular formula is C18H18FN5O2. The zero-order chi connectivity index (χ0) is 18.3. The van der Waals surface area contributed by atoms with Crippen LogP contribution >= 0.6 is 0 Å². The largest absolute Gasteiger partial charge is 0.338 e. The zero-order valence-corrected chi connectivity index (χ0v) is 14.6. The SMILES string of the molecule is CCC(=O)N1CCc2c(c(-c3nc(-c4cccc(F)c4)no3)nn2C)C1. The minimum Gasteiger partial charge on any atom is -0.338 e. The first-order valence-electron chi connectivity index (χ1n) is 8.49. The first-order valence-corrected chi connectivity index (χ1v) is 8.49. The van der Waals surface area contributed by atoms with Crippen LogP contribution in [-0.2, 0) is 24.8 Å². The quantitative estimate of drug-likeness (QED) is 0.722. The van der Waals surface area contributed by atoms with Gasteiger partial charge in [-0.3, -0.25) is 9.48 Å². The highest BCUT2D eigenvalue weighted by Gasteiger charge is 2.29. The van der Waals surface area contributed by atoms with E-state index in [1.165, 1.54) is 12.1 Å². The second kappa shape index (κ2) is 6.36. The first kappa shape index (κ1) is 16.4. The van der Waals surface area contributed by atoms with Crippen molar-refractivity contribution in [2.45, 2.75) is 26.3 Å². The van der Waals surface area contributed by atoms with Crippen molar-refractivity contribution >= 4 is 5.91 Å². The molecule has 3 aromatic rings. The number of aryl methyl sites for hydroxylation is 1. The van der Waals surface area contributed by atoms with Crippen LogP contribution in [0.2, 0.25) is 0 Å². The molecule has 8 heteroatoms. The van der Waals surface area contributed by atoms with Crippen molar-refractivity contribution in [2.75, 3.05) is 6.54 Å². The fraction of sp³-hybridized carbons (Fsp3) is 0.333. The number of hydrogen-bond acceptors (Lipinski definition) is 5. The first-order chi connectivity index (χ1) is 12.6. The molecule has 0 saturated carbocycles. The predicted octanol–water partition coefficient (Wildman–Crippen LogP) is 2.57. The fourth-order valence-electron chi connectivity index (χ4n) is 3.27. The second-order valence-corrected chi connectivity index (χ2v) is 6.25. The maximum Gasteiger partial charge on any atom is 0.279 e. The Morgan fingerprint density at radius 3 is 3.00 bits per heavy atom. The van der Waals surface area contributed by atoms with Crippen LogP contribution in [0.1, 0.15) is 24.6 Å². The normalized spacial score (nSPS) is 13.7. The van der Waals surface area contributed by atoms with Crippen molar-refractivity contribution in [1.82, 2.24) is 24.8 Å². The molecule has 0 aliphatic carbocycles. The van der Waals surface area contributed by atoms with Crippen LogP contribution in [0.5, 0.6) is 0 Å². The highest BCUT2D eigenvalue weighted by molar-refractivity contribution is 5.76. The second-order valence-electron chi connectivity index (χ2n) is 6.25. The van der Waals surface area contributed by atoms with Gasteiger partial charge in [-0.25, -0.2) is 4.39 Å². The minimum atomic E-state index is -0.363. The van der Waals surface area contributed by atoms with E-state index in [1.54, 1.807) is 16.8 Å². The molecule has 1 aliphatic rings. The van der Waals surface area contributed by atoms with Crippen LogP contribution < -0.4 is 0 Å². The lowest BCUT2D eigenvalue weighted by molar-refractivity contribution is -0.131. The number of carbonyl (C=O) groups is 1. The topological polar surface area (TPSA) is 77.1 Å². The summed E-state index contributed by atoms with van der Waals surface area (Å²) in [5.41, 5.74) is 3.10. The summed E-state index contributed by atoms with van der Waals surface area (Å²) in [6.07, 6.45) is 1.20. The predicted molar refractivity (Wildman–Crippen MR) is 91.3 cm³/mol. The number of nitrogens with zero attached hydrogens (tertiary/aromatic N) is 5. The van der Waals surface area contributed by atoms with Crippen LogP contribution in [0.15, 0.2) is 28.8 Å². The van der Waals surface area contributed by atoms with E-state index >= 15 is 0 Å². The van der Waals surface area contributed by atoms with Gasteiger partial charge >= 0.3 is 0 Å². The molecule has 0 atom stereocenters. The van der Waals surface area contributed by atoms with Gasteiger partial charge in [0.05, 0.1) is 0 Å². The number of halogens is 1. The molecule has 4 rings (SSSR count). The van der Waals surface area contributed by atoms with Gasteiger partial charge in [0.25, 0.3) is 5.89 Å². The van der Waals surface area contributed by atoms with Crippen molar-refractivity contribution in [2.24, 2.45) is 7.05 Å². The number of benzene rings is 1. The van der Waals surface area contributed by atoms with Crippen LogP contribution in [0, 0.1) is 5.82 Å². The Labute approximate surface area is 149 Å². The van der Waals surface area contributed by atoms with E-state index in [0.717, 1.165) is 17.7 Å². The highest BCUT2D eigenvalue weighted by Crippen LogP contribution is 2.30. The molecule has 0 spiro atoms. The number of carbonyl (C=O) groups excluding carboxylic acids is 1. The van der Waals surface area contributed by atoms with Gasteiger partial charge in [0, 0.05) is 49.8 Å². The Balaban J connectivity index is 1.71. The van der Waals surface area contributed by atoms with Gasteiger partial charge < -0.3 is 9.42 Å². The van der Waals surface area contributed by atoms with Crippen LogP contribution in [0.3, 0.4) is 0 Å². The van der Waals surface area contributed by atoms with E-state index in [2.05, 4.69) is 15.2 Å². The average Bonchev–Trinajstić information content (AvgIpc) is 3.26. The van der Waals surface area contributed by atoms with Gasteiger partial charge in [-0.15, -0.1) is 0 Å². The number of fused-ring (bicyclic) bond motifs is 1. The summed E-state index contributed by atoms with van der Waals surface area (Å²) in [5.74, 6) is 0.317. The van der Waals surface area contributed by atoms with Gasteiger partial charge in [0.2, 0.25) is 11.7 Å². The minimum absolute atomic E-state index is 0.108. The van der Waals surface area contributed by atoms with Gasteiger partial charge in [-0.2, -0.15) is 10.1 Å². The molecule has 26 heavy (non-hydrogen) atoms. The maximum atomic E-state index is 13.4. The number of aromatic nitrogens is 4. The van der Waals surface area contributed by atoms with Crippen molar-refractivity contribution < 1.29 is 13.7 Å². The molecule has 134 valence electrons. The molecular weight excluding hydrogens is 337 g/mol. The van der Waals surface area contributed by atoms with E-state index in [9.17, 15) is 9.18 Å². The standard InChI is InChI=1S/C18H18FN5O2/c1-3-15(25)24-8-7-14-13(10-24)16(21-23(14)2)18-20-17(22-26-18)11-5-4-6-12(19)9-11/h4-6,9H,3,7-8,10H2,1-2H3. The molecule has 0 fully saturated rings. The Morgan fingerprint density at radius 1 is 1.38 bits per heavy atom. The Kier molecular flexibility index (Phi) is 4.02. The van der Waals surface area contributed by atoms with E-state index in [4.69, 9.17) is 4.52 Å². The van der Waals surface area contributed by atoms with Crippen LogP contribution in [0.25, 0.3) is 23.0 Å². The summed E-state index contributed by atoms with van der Waals surface area (Å²) < 4.78 is 20.6. The molecule has 0 saturated heterocycles. The zero-order valence-electron chi connectivity index (χ0n) is 14.6. The summed E-state index contributed by atoms with van der Waals surface area (Å²) in [4.78, 5) is 18.3. The third kappa shape index (κ3) is 2.77. The smallest absolute Gasteiger partial charge is 0.279 e. The van der Waals surface area contributed by atoms with Crippen LogP contribution in [0.4, 0.5) is 4.39 Å². The number of rotatable bonds is 3. The van der Waals surface area contributed by atoms with Gasteiger partial charge in [0.15, 0.2) is 5.69 Å². The molecule has 0 unspecified atom stereocenters. The lowest BCUT2D eigenvalue weighted by Gasteiger charge is -2.27. The Bertz CT molecular complexity index is 978. The molecule has 0 bridgehead atoms. The molecule has 0 N–H and O–H groups in total. The van der Waals surface area contributed by atoms with Crippen molar-refractivity contribution in [1.29, 1.82) is 0 Å². The highest BCUT2D eigenvalue weighted by atomic mass is 19.1. The summed E-state index contributed by atoms with van der Waals surface area (Å²) in [6.45, 7) is 3.01. The molecule has 1 aromatic carbocycles. The molecule has 2 aromatic heterocycles.